The lowest BCUT2D eigenvalue weighted by Crippen LogP contribution is -2.07. The fourth-order valence-corrected chi connectivity index (χ4v) is 3.51. The molecule has 0 spiro atoms. The van der Waals surface area contributed by atoms with Crippen molar-refractivity contribution in [3.8, 4) is 11.5 Å². The van der Waals surface area contributed by atoms with Gasteiger partial charge in [-0.2, -0.15) is 0 Å². The zero-order chi connectivity index (χ0) is 20.1. The van der Waals surface area contributed by atoms with Gasteiger partial charge in [0, 0.05) is 41.4 Å². The highest BCUT2D eigenvalue weighted by atomic mass is 16.5. The second kappa shape index (κ2) is 8.57. The third-order valence-electron chi connectivity index (χ3n) is 4.94. The molecular weight excluding hydrogens is 360 g/mol. The molecule has 4 rings (SSSR count). The number of phenolic OH excluding ortho intramolecular Hbond substituents is 1. The third-order valence-corrected chi connectivity index (χ3v) is 4.94. The molecule has 0 fully saturated rings. The van der Waals surface area contributed by atoms with Crippen molar-refractivity contribution >= 4 is 10.9 Å². The number of rotatable bonds is 7. The van der Waals surface area contributed by atoms with Crippen LogP contribution in [0.1, 0.15) is 22.7 Å². The predicted octanol–water partition coefficient (Wildman–Crippen LogP) is 5.27. The molecule has 4 aromatic rings. The number of fused-ring (bicyclic) bond motifs is 1. The molecule has 2 heterocycles. The van der Waals surface area contributed by atoms with Gasteiger partial charge in [0.2, 0.25) is 0 Å². The average Bonchev–Trinajstić information content (AvgIpc) is 2.78. The fraction of sp³-hybridized carbons (Fsp3) is 0.120. The number of hydrogen-bond acceptors (Lipinski definition) is 4. The van der Waals surface area contributed by atoms with E-state index in [-0.39, 0.29) is 11.7 Å². The van der Waals surface area contributed by atoms with Gasteiger partial charge >= 0.3 is 0 Å². The van der Waals surface area contributed by atoms with Crippen LogP contribution in [0.5, 0.6) is 11.5 Å². The van der Waals surface area contributed by atoms with Crippen LogP contribution in [-0.4, -0.2) is 21.7 Å². The van der Waals surface area contributed by atoms with Gasteiger partial charge in [0.1, 0.15) is 23.6 Å². The summed E-state index contributed by atoms with van der Waals surface area (Å²) in [6, 6.07) is 21.7. The topological polar surface area (TPSA) is 55.2 Å². The molecule has 0 radical (unpaired) electrons. The maximum Gasteiger partial charge on any atom is 0.145 e. The van der Waals surface area contributed by atoms with E-state index in [9.17, 15) is 5.11 Å². The molecule has 144 valence electrons. The molecule has 0 aliphatic heterocycles. The zero-order valence-electron chi connectivity index (χ0n) is 16.0. The van der Waals surface area contributed by atoms with Gasteiger partial charge in [0.25, 0.3) is 0 Å². The molecule has 2 aromatic carbocycles. The second-order valence-corrected chi connectivity index (χ2v) is 6.83. The highest BCUT2D eigenvalue weighted by Gasteiger charge is 2.21. The highest BCUT2D eigenvalue weighted by molar-refractivity contribution is 5.85. The molecule has 1 atom stereocenters. The van der Waals surface area contributed by atoms with E-state index in [0.717, 1.165) is 28.0 Å². The van der Waals surface area contributed by atoms with Crippen LogP contribution in [0.15, 0.2) is 91.8 Å². The first-order chi connectivity index (χ1) is 14.3. The number of nitrogens with zero attached hydrogens (tertiary/aromatic N) is 2. The minimum Gasteiger partial charge on any atom is -0.505 e. The van der Waals surface area contributed by atoms with Gasteiger partial charge in [-0.1, -0.05) is 49.1 Å². The van der Waals surface area contributed by atoms with Crippen molar-refractivity contribution in [2.45, 2.75) is 12.3 Å². The summed E-state index contributed by atoms with van der Waals surface area (Å²) in [7, 11) is 0. The van der Waals surface area contributed by atoms with Crippen molar-refractivity contribution in [3.05, 3.63) is 109 Å². The number of aromatic hydroxyl groups is 1. The summed E-state index contributed by atoms with van der Waals surface area (Å²) in [5.41, 5.74) is 3.49. The molecule has 0 saturated heterocycles. The molecule has 0 aliphatic rings. The van der Waals surface area contributed by atoms with E-state index in [1.807, 2.05) is 66.7 Å². The quantitative estimate of drug-likeness (QED) is 0.442. The number of phenols is 1. The van der Waals surface area contributed by atoms with E-state index >= 15 is 0 Å². The van der Waals surface area contributed by atoms with Crippen LogP contribution in [0, 0.1) is 0 Å². The maximum absolute atomic E-state index is 11.0. The summed E-state index contributed by atoms with van der Waals surface area (Å²) >= 11 is 0. The highest BCUT2D eigenvalue weighted by Crippen LogP contribution is 2.37. The van der Waals surface area contributed by atoms with Crippen LogP contribution in [0.2, 0.25) is 0 Å². The largest absolute Gasteiger partial charge is 0.505 e. The second-order valence-electron chi connectivity index (χ2n) is 6.83. The first-order valence-electron chi connectivity index (χ1n) is 9.56. The Balaban J connectivity index is 1.76. The summed E-state index contributed by atoms with van der Waals surface area (Å²) in [5, 5.41) is 11.9. The van der Waals surface area contributed by atoms with E-state index < -0.39 is 0 Å². The van der Waals surface area contributed by atoms with Gasteiger partial charge in [-0.3, -0.25) is 9.97 Å². The van der Waals surface area contributed by atoms with Crippen molar-refractivity contribution in [1.29, 1.82) is 0 Å². The lowest BCUT2D eigenvalue weighted by Gasteiger charge is -2.20. The van der Waals surface area contributed by atoms with E-state index in [0.29, 0.717) is 18.5 Å². The molecule has 4 heteroatoms. The van der Waals surface area contributed by atoms with Crippen LogP contribution in [-0.2, 0) is 6.42 Å². The molecule has 2 aromatic heterocycles. The number of ether oxygens (including phenoxy) is 1. The lowest BCUT2D eigenvalue weighted by molar-refractivity contribution is 0.363. The molecule has 1 N–H and O–H groups in total. The first-order valence-corrected chi connectivity index (χ1v) is 9.56. The smallest absolute Gasteiger partial charge is 0.145 e. The summed E-state index contributed by atoms with van der Waals surface area (Å²) < 4.78 is 5.61. The standard InChI is InChI=1S/C25H22N2O2/c1-2-16-29-21-11-8-18(9-12-21)23(17-20-7-3-4-14-26-20)22-13-10-19-6-5-15-27-24(19)25(22)28/h2-15,23,28H,1,16-17H2. The summed E-state index contributed by atoms with van der Waals surface area (Å²) in [6.45, 7) is 4.14. The van der Waals surface area contributed by atoms with Gasteiger partial charge in [0.15, 0.2) is 0 Å². The molecule has 4 nitrogen and oxygen atoms in total. The van der Waals surface area contributed by atoms with Gasteiger partial charge in [-0.25, -0.2) is 0 Å². The SMILES string of the molecule is C=CCOc1ccc(C(Cc2ccccn2)c2ccc3cccnc3c2O)cc1. The Bertz CT molecular complexity index is 1110. The molecular formula is C25H22N2O2. The number of hydrogen-bond donors (Lipinski definition) is 1. The Kier molecular flexibility index (Phi) is 5.52. The van der Waals surface area contributed by atoms with Crippen molar-refractivity contribution in [1.82, 2.24) is 9.97 Å². The summed E-state index contributed by atoms with van der Waals surface area (Å²) in [5.74, 6) is 0.940. The number of aromatic nitrogens is 2. The van der Waals surface area contributed by atoms with Crippen LogP contribution < -0.4 is 4.74 Å². The molecule has 0 aliphatic carbocycles. The Morgan fingerprint density at radius 1 is 0.931 bits per heavy atom. The minimum atomic E-state index is -0.0650. The monoisotopic (exact) mass is 382 g/mol. The maximum atomic E-state index is 11.0. The van der Waals surface area contributed by atoms with E-state index in [2.05, 4.69) is 16.5 Å². The molecule has 0 saturated carbocycles. The van der Waals surface area contributed by atoms with Gasteiger partial charge in [-0.15, -0.1) is 0 Å². The Morgan fingerprint density at radius 3 is 2.52 bits per heavy atom. The minimum absolute atomic E-state index is 0.0650. The molecule has 29 heavy (non-hydrogen) atoms. The Morgan fingerprint density at radius 2 is 1.76 bits per heavy atom. The van der Waals surface area contributed by atoms with Crippen molar-refractivity contribution in [3.63, 3.8) is 0 Å². The first kappa shape index (κ1) is 18.7. The van der Waals surface area contributed by atoms with Crippen LogP contribution in [0.4, 0.5) is 0 Å². The van der Waals surface area contributed by atoms with Crippen LogP contribution in [0.3, 0.4) is 0 Å². The molecule has 0 bridgehead atoms. The number of benzene rings is 2. The van der Waals surface area contributed by atoms with E-state index in [4.69, 9.17) is 4.74 Å². The van der Waals surface area contributed by atoms with Gasteiger partial charge < -0.3 is 9.84 Å². The van der Waals surface area contributed by atoms with Crippen molar-refractivity contribution in [2.75, 3.05) is 6.61 Å². The fourth-order valence-electron chi connectivity index (χ4n) is 3.51. The molecule has 0 amide bonds. The number of pyridine rings is 2. The molecule has 1 unspecified atom stereocenters. The zero-order valence-corrected chi connectivity index (χ0v) is 16.0. The van der Waals surface area contributed by atoms with E-state index in [1.54, 1.807) is 18.5 Å². The lowest BCUT2D eigenvalue weighted by atomic mass is 9.86. The van der Waals surface area contributed by atoms with Crippen molar-refractivity contribution in [2.24, 2.45) is 0 Å². The average molecular weight is 382 g/mol. The normalized spacial score (nSPS) is 11.9. The van der Waals surface area contributed by atoms with Gasteiger partial charge in [0.05, 0.1) is 0 Å². The predicted molar refractivity (Wildman–Crippen MR) is 115 cm³/mol. The van der Waals surface area contributed by atoms with Crippen molar-refractivity contribution < 1.29 is 9.84 Å². The Labute approximate surface area is 170 Å². The van der Waals surface area contributed by atoms with Crippen LogP contribution >= 0.6 is 0 Å². The Hall–Kier alpha value is -3.66. The third kappa shape index (κ3) is 4.11. The van der Waals surface area contributed by atoms with E-state index in [1.165, 1.54) is 0 Å². The van der Waals surface area contributed by atoms with Gasteiger partial charge in [-0.05, 0) is 35.9 Å². The van der Waals surface area contributed by atoms with Crippen LogP contribution in [0.25, 0.3) is 10.9 Å². The summed E-state index contributed by atoms with van der Waals surface area (Å²) in [4.78, 5) is 8.86. The summed E-state index contributed by atoms with van der Waals surface area (Å²) in [6.07, 6.45) is 5.88.